The second-order valence-electron chi connectivity index (χ2n) is 8.08. The zero-order valence-corrected chi connectivity index (χ0v) is 16.3. The van der Waals surface area contributed by atoms with Crippen molar-refractivity contribution in [2.24, 2.45) is 0 Å². The van der Waals surface area contributed by atoms with Gasteiger partial charge in [-0.15, -0.1) is 0 Å². The Kier molecular flexibility index (Phi) is 4.62. The molecular weight excluding hydrogens is 399 g/mol. The number of hydrogen-bond acceptors (Lipinski definition) is 4. The Balaban J connectivity index is 1.42. The number of carbonyl (C=O) groups excluding carboxylic acids is 1. The maximum Gasteiger partial charge on any atom is 0.416 e. The molecule has 0 bridgehead atoms. The highest BCUT2D eigenvalue weighted by Gasteiger charge is 2.42. The fourth-order valence-electron chi connectivity index (χ4n) is 4.30. The third-order valence-corrected chi connectivity index (χ3v) is 6.04. The average molecular weight is 421 g/mol. The standard InChI is InChI=1S/C21H22F3N3O3/c22-21(23,24)15-2-1-3-16(12-15)27-18(14-4-5-14)17(13-25-27)19(28)26-8-6-20(7-9-26)29-10-11-30-20/h1-3,12-14H,4-11H2. The normalized spacial score (nSPS) is 21.4. The van der Waals surface area contributed by atoms with Crippen LogP contribution in [0.15, 0.2) is 30.5 Å². The molecule has 6 nitrogen and oxygen atoms in total. The van der Waals surface area contributed by atoms with Crippen LogP contribution in [0.2, 0.25) is 0 Å². The van der Waals surface area contributed by atoms with Crippen LogP contribution in [0, 0.1) is 0 Å². The maximum atomic E-state index is 13.2. The molecular formula is C21H22F3N3O3. The highest BCUT2D eigenvalue weighted by molar-refractivity contribution is 5.95. The summed E-state index contributed by atoms with van der Waals surface area (Å²) >= 11 is 0. The predicted octanol–water partition coefficient (Wildman–Crippen LogP) is 3.75. The van der Waals surface area contributed by atoms with E-state index >= 15 is 0 Å². The van der Waals surface area contributed by atoms with Crippen LogP contribution in [0.25, 0.3) is 5.69 Å². The summed E-state index contributed by atoms with van der Waals surface area (Å²) in [5.41, 5.74) is 0.756. The number of aromatic nitrogens is 2. The van der Waals surface area contributed by atoms with Gasteiger partial charge in [-0.05, 0) is 31.0 Å². The Labute approximate surface area is 171 Å². The molecule has 1 aromatic heterocycles. The van der Waals surface area contributed by atoms with E-state index in [2.05, 4.69) is 5.10 Å². The van der Waals surface area contributed by atoms with Crippen LogP contribution in [-0.2, 0) is 15.7 Å². The minimum atomic E-state index is -4.43. The van der Waals surface area contributed by atoms with Crippen molar-refractivity contribution >= 4 is 5.91 Å². The van der Waals surface area contributed by atoms with Crippen LogP contribution in [-0.4, -0.2) is 52.7 Å². The van der Waals surface area contributed by atoms with Gasteiger partial charge in [0.15, 0.2) is 5.79 Å². The van der Waals surface area contributed by atoms with Crippen molar-refractivity contribution < 1.29 is 27.4 Å². The number of ether oxygens (including phenoxy) is 2. The van der Waals surface area contributed by atoms with Gasteiger partial charge in [0, 0.05) is 31.8 Å². The first kappa shape index (κ1) is 19.6. The fraction of sp³-hybridized carbons (Fsp3) is 0.524. The van der Waals surface area contributed by atoms with Gasteiger partial charge >= 0.3 is 6.18 Å². The number of piperidine rings is 1. The van der Waals surface area contributed by atoms with E-state index in [0.29, 0.717) is 56.1 Å². The third-order valence-electron chi connectivity index (χ3n) is 6.04. The number of hydrogen-bond donors (Lipinski definition) is 0. The van der Waals surface area contributed by atoms with Gasteiger partial charge in [0.25, 0.3) is 5.91 Å². The van der Waals surface area contributed by atoms with Crippen LogP contribution in [0.3, 0.4) is 0 Å². The number of alkyl halides is 3. The smallest absolute Gasteiger partial charge is 0.347 e. The molecule has 0 unspecified atom stereocenters. The number of nitrogens with zero attached hydrogens (tertiary/aromatic N) is 3. The third kappa shape index (κ3) is 3.50. The van der Waals surface area contributed by atoms with Crippen molar-refractivity contribution in [3.05, 3.63) is 47.3 Å². The van der Waals surface area contributed by atoms with Crippen LogP contribution >= 0.6 is 0 Å². The van der Waals surface area contributed by atoms with Gasteiger partial charge in [-0.1, -0.05) is 6.07 Å². The van der Waals surface area contributed by atoms with Gasteiger partial charge in [-0.3, -0.25) is 4.79 Å². The van der Waals surface area contributed by atoms with Gasteiger partial charge in [-0.2, -0.15) is 18.3 Å². The molecule has 2 aliphatic heterocycles. The van der Waals surface area contributed by atoms with Crippen LogP contribution in [0.1, 0.15) is 53.2 Å². The summed E-state index contributed by atoms with van der Waals surface area (Å²) in [7, 11) is 0. The number of rotatable bonds is 3. The van der Waals surface area contributed by atoms with Crippen LogP contribution in [0.4, 0.5) is 13.2 Å². The number of carbonyl (C=O) groups is 1. The minimum absolute atomic E-state index is 0.136. The summed E-state index contributed by atoms with van der Waals surface area (Å²) in [6, 6.07) is 5.06. The highest BCUT2D eigenvalue weighted by atomic mass is 19.4. The molecule has 1 spiro atoms. The molecule has 5 rings (SSSR count). The van der Waals surface area contributed by atoms with E-state index < -0.39 is 17.5 Å². The molecule has 0 atom stereocenters. The number of halogens is 3. The minimum Gasteiger partial charge on any atom is -0.347 e. The first-order chi connectivity index (χ1) is 14.4. The zero-order valence-electron chi connectivity index (χ0n) is 16.3. The summed E-state index contributed by atoms with van der Waals surface area (Å²) in [6.07, 6.45) is 0.0723. The Hall–Kier alpha value is -2.39. The van der Waals surface area contributed by atoms with Crippen molar-refractivity contribution in [2.75, 3.05) is 26.3 Å². The Morgan fingerprint density at radius 1 is 1.13 bits per heavy atom. The first-order valence-corrected chi connectivity index (χ1v) is 10.2. The van der Waals surface area contributed by atoms with Gasteiger partial charge in [0.05, 0.1) is 41.9 Å². The highest BCUT2D eigenvalue weighted by Crippen LogP contribution is 2.43. The van der Waals surface area contributed by atoms with Gasteiger partial charge in [-0.25, -0.2) is 4.68 Å². The number of benzene rings is 1. The molecule has 3 heterocycles. The van der Waals surface area contributed by atoms with E-state index in [1.807, 2.05) is 0 Å². The molecule has 2 aromatic rings. The number of likely N-dealkylation sites (tertiary alicyclic amines) is 1. The lowest BCUT2D eigenvalue weighted by Gasteiger charge is -2.37. The van der Waals surface area contributed by atoms with Crippen molar-refractivity contribution in [3.63, 3.8) is 0 Å². The second kappa shape index (κ2) is 7.09. The molecule has 160 valence electrons. The maximum absolute atomic E-state index is 13.2. The molecule has 0 radical (unpaired) electrons. The fourth-order valence-corrected chi connectivity index (χ4v) is 4.30. The van der Waals surface area contributed by atoms with E-state index in [0.717, 1.165) is 25.0 Å². The van der Waals surface area contributed by atoms with Gasteiger partial charge in [0.2, 0.25) is 0 Å². The zero-order chi connectivity index (χ0) is 20.9. The van der Waals surface area contributed by atoms with Gasteiger partial charge in [0.1, 0.15) is 0 Å². The molecule has 1 saturated carbocycles. The molecule has 1 aliphatic carbocycles. The monoisotopic (exact) mass is 421 g/mol. The molecule has 3 aliphatic rings. The molecule has 1 amide bonds. The summed E-state index contributed by atoms with van der Waals surface area (Å²) in [6.45, 7) is 2.17. The predicted molar refractivity (Wildman–Crippen MR) is 100 cm³/mol. The molecule has 1 aromatic carbocycles. The Morgan fingerprint density at radius 2 is 1.83 bits per heavy atom. The van der Waals surface area contributed by atoms with Crippen molar-refractivity contribution in [2.45, 2.75) is 43.6 Å². The van der Waals surface area contributed by atoms with Gasteiger partial charge < -0.3 is 14.4 Å². The van der Waals surface area contributed by atoms with E-state index in [9.17, 15) is 18.0 Å². The lowest BCUT2D eigenvalue weighted by Crippen LogP contribution is -2.47. The van der Waals surface area contributed by atoms with Crippen molar-refractivity contribution in [1.82, 2.24) is 14.7 Å². The summed E-state index contributed by atoms with van der Waals surface area (Å²) < 4.78 is 52.4. The Morgan fingerprint density at radius 3 is 2.47 bits per heavy atom. The molecule has 9 heteroatoms. The van der Waals surface area contributed by atoms with Crippen molar-refractivity contribution in [1.29, 1.82) is 0 Å². The summed E-state index contributed by atoms with van der Waals surface area (Å²) in [4.78, 5) is 15.0. The van der Waals surface area contributed by atoms with E-state index in [-0.39, 0.29) is 11.8 Å². The van der Waals surface area contributed by atoms with Crippen LogP contribution in [0.5, 0.6) is 0 Å². The molecule has 0 N–H and O–H groups in total. The molecule has 2 saturated heterocycles. The quantitative estimate of drug-likeness (QED) is 0.758. The SMILES string of the molecule is O=C(c1cnn(-c2cccc(C(F)(F)F)c2)c1C1CC1)N1CCC2(CC1)OCCO2. The van der Waals surface area contributed by atoms with Crippen LogP contribution < -0.4 is 0 Å². The van der Waals surface area contributed by atoms with E-state index in [1.165, 1.54) is 16.9 Å². The summed E-state index contributed by atoms with van der Waals surface area (Å²) in [5, 5.41) is 4.31. The molecule has 30 heavy (non-hydrogen) atoms. The average Bonchev–Trinajstić information content (AvgIpc) is 3.31. The molecule has 3 fully saturated rings. The lowest BCUT2D eigenvalue weighted by molar-refractivity contribution is -0.181. The Bertz CT molecular complexity index is 952. The number of amides is 1. The lowest BCUT2D eigenvalue weighted by atomic mass is 10.0. The van der Waals surface area contributed by atoms with E-state index in [1.54, 1.807) is 11.0 Å². The van der Waals surface area contributed by atoms with Crippen molar-refractivity contribution in [3.8, 4) is 5.69 Å². The van der Waals surface area contributed by atoms with E-state index in [4.69, 9.17) is 9.47 Å². The second-order valence-corrected chi connectivity index (χ2v) is 8.08. The topological polar surface area (TPSA) is 56.6 Å². The first-order valence-electron chi connectivity index (χ1n) is 10.2. The summed E-state index contributed by atoms with van der Waals surface area (Å²) in [5.74, 6) is -0.570. The largest absolute Gasteiger partial charge is 0.416 e.